The molecule has 2 aromatic rings. The van der Waals surface area contributed by atoms with Gasteiger partial charge in [0, 0.05) is 18.1 Å². The maximum Gasteiger partial charge on any atom is 0.238 e. The number of rotatable bonds is 2. The molecule has 18 heavy (non-hydrogen) atoms. The minimum atomic E-state index is -3.80. The SMILES string of the molecule is Cc1c(-n2ccnc2C)cc(N)cc1S(N)(=O)=O. The topological polar surface area (TPSA) is 104 Å². The molecule has 96 valence electrons. The summed E-state index contributed by atoms with van der Waals surface area (Å²) in [5.41, 5.74) is 7.28. The minimum Gasteiger partial charge on any atom is -0.399 e. The molecule has 0 saturated heterocycles. The van der Waals surface area contributed by atoms with Gasteiger partial charge in [0.05, 0.1) is 10.6 Å². The van der Waals surface area contributed by atoms with Crippen LogP contribution in [0.2, 0.25) is 0 Å². The van der Waals surface area contributed by atoms with Gasteiger partial charge < -0.3 is 10.3 Å². The van der Waals surface area contributed by atoms with Gasteiger partial charge in [0.2, 0.25) is 10.0 Å². The van der Waals surface area contributed by atoms with Gasteiger partial charge in [-0.2, -0.15) is 0 Å². The van der Waals surface area contributed by atoms with Crippen LogP contribution in [0.5, 0.6) is 0 Å². The molecule has 0 aliphatic carbocycles. The van der Waals surface area contributed by atoms with Crippen molar-refractivity contribution in [3.63, 3.8) is 0 Å². The van der Waals surface area contributed by atoms with Crippen molar-refractivity contribution in [3.05, 3.63) is 35.9 Å². The highest BCUT2D eigenvalue weighted by molar-refractivity contribution is 7.89. The Morgan fingerprint density at radius 2 is 1.94 bits per heavy atom. The van der Waals surface area contributed by atoms with E-state index in [1.54, 1.807) is 30.0 Å². The number of benzene rings is 1. The molecule has 0 bridgehead atoms. The molecule has 0 fully saturated rings. The Morgan fingerprint density at radius 3 is 2.44 bits per heavy atom. The van der Waals surface area contributed by atoms with E-state index in [4.69, 9.17) is 10.9 Å². The summed E-state index contributed by atoms with van der Waals surface area (Å²) < 4.78 is 24.8. The predicted octanol–water partition coefficient (Wildman–Crippen LogP) is 0.719. The molecule has 0 atom stereocenters. The summed E-state index contributed by atoms with van der Waals surface area (Å²) in [6.07, 6.45) is 3.37. The first kappa shape index (κ1) is 12.6. The van der Waals surface area contributed by atoms with Crippen molar-refractivity contribution in [3.8, 4) is 5.69 Å². The molecule has 1 heterocycles. The second-order valence-electron chi connectivity index (χ2n) is 4.05. The Balaban J connectivity index is 2.78. The summed E-state index contributed by atoms with van der Waals surface area (Å²) >= 11 is 0. The zero-order valence-electron chi connectivity index (χ0n) is 10.1. The standard InChI is InChI=1S/C11H14N4O2S/c1-7-10(15-4-3-14-8(15)2)5-9(12)6-11(7)18(13,16)17/h3-6H,12H2,1-2H3,(H2,13,16,17). The Labute approximate surface area is 105 Å². The number of nitrogens with two attached hydrogens (primary N) is 2. The first-order valence-electron chi connectivity index (χ1n) is 5.24. The average molecular weight is 266 g/mol. The number of primary sulfonamides is 1. The van der Waals surface area contributed by atoms with Crippen LogP contribution >= 0.6 is 0 Å². The molecule has 6 nitrogen and oxygen atoms in total. The summed E-state index contributed by atoms with van der Waals surface area (Å²) in [5.74, 6) is 0.740. The smallest absolute Gasteiger partial charge is 0.238 e. The van der Waals surface area contributed by atoms with Gasteiger partial charge in [-0.15, -0.1) is 0 Å². The number of nitrogens with zero attached hydrogens (tertiary/aromatic N) is 2. The van der Waals surface area contributed by atoms with Crippen LogP contribution in [0.4, 0.5) is 5.69 Å². The normalized spacial score (nSPS) is 11.7. The molecule has 7 heteroatoms. The van der Waals surface area contributed by atoms with Crippen LogP contribution in [0.15, 0.2) is 29.4 Å². The fourth-order valence-electron chi connectivity index (χ4n) is 1.87. The first-order valence-corrected chi connectivity index (χ1v) is 6.78. The molecule has 4 N–H and O–H groups in total. The van der Waals surface area contributed by atoms with Gasteiger partial charge in [-0.1, -0.05) is 0 Å². The summed E-state index contributed by atoms with van der Waals surface area (Å²) in [6, 6.07) is 3.05. The fraction of sp³-hybridized carbons (Fsp3) is 0.182. The largest absolute Gasteiger partial charge is 0.399 e. The van der Waals surface area contributed by atoms with Gasteiger partial charge in [0.15, 0.2) is 0 Å². The maximum absolute atomic E-state index is 11.5. The summed E-state index contributed by atoms with van der Waals surface area (Å²) in [5, 5.41) is 5.18. The van der Waals surface area contributed by atoms with Crippen LogP contribution < -0.4 is 10.9 Å². The van der Waals surface area contributed by atoms with E-state index in [9.17, 15) is 8.42 Å². The molecule has 2 rings (SSSR count). The third kappa shape index (κ3) is 2.09. The highest BCUT2D eigenvalue weighted by Crippen LogP contribution is 2.25. The Hall–Kier alpha value is -1.86. The zero-order valence-corrected chi connectivity index (χ0v) is 10.9. The summed E-state index contributed by atoms with van der Waals surface area (Å²) in [4.78, 5) is 4.13. The van der Waals surface area contributed by atoms with Crippen LogP contribution in [-0.4, -0.2) is 18.0 Å². The highest BCUT2D eigenvalue weighted by atomic mass is 32.2. The van der Waals surface area contributed by atoms with E-state index >= 15 is 0 Å². The molecule has 0 aliphatic heterocycles. The number of sulfonamides is 1. The molecule has 0 spiro atoms. The van der Waals surface area contributed by atoms with E-state index in [0.29, 0.717) is 16.9 Å². The average Bonchev–Trinajstić information content (AvgIpc) is 2.66. The van der Waals surface area contributed by atoms with E-state index in [0.717, 1.165) is 5.82 Å². The van der Waals surface area contributed by atoms with Crippen LogP contribution in [0.1, 0.15) is 11.4 Å². The third-order valence-electron chi connectivity index (χ3n) is 2.75. The predicted molar refractivity (Wildman–Crippen MR) is 68.8 cm³/mol. The molecular weight excluding hydrogens is 252 g/mol. The molecule has 0 aliphatic rings. The van der Waals surface area contributed by atoms with Gasteiger partial charge in [-0.05, 0) is 31.5 Å². The fourth-order valence-corrected chi connectivity index (χ4v) is 2.70. The van der Waals surface area contributed by atoms with E-state index in [-0.39, 0.29) is 4.90 Å². The highest BCUT2D eigenvalue weighted by Gasteiger charge is 2.17. The summed E-state index contributed by atoms with van der Waals surface area (Å²) in [7, 11) is -3.80. The Kier molecular flexibility index (Phi) is 2.88. The van der Waals surface area contributed by atoms with Crippen LogP contribution in [0, 0.1) is 13.8 Å². The lowest BCUT2D eigenvalue weighted by atomic mass is 10.1. The quantitative estimate of drug-likeness (QED) is 0.781. The van der Waals surface area contributed by atoms with Crippen molar-refractivity contribution in [2.75, 3.05) is 5.73 Å². The van der Waals surface area contributed by atoms with Gasteiger partial charge in [-0.3, -0.25) is 0 Å². The molecule has 0 unspecified atom stereocenters. The number of aryl methyl sites for hydroxylation is 1. The van der Waals surface area contributed by atoms with E-state index in [2.05, 4.69) is 4.98 Å². The lowest BCUT2D eigenvalue weighted by Gasteiger charge is -2.13. The van der Waals surface area contributed by atoms with Crippen molar-refractivity contribution in [1.82, 2.24) is 9.55 Å². The molecule has 0 saturated carbocycles. The zero-order chi connectivity index (χ0) is 13.5. The number of hydrogen-bond donors (Lipinski definition) is 2. The van der Waals surface area contributed by atoms with Crippen LogP contribution in [0.25, 0.3) is 5.69 Å². The van der Waals surface area contributed by atoms with E-state index in [1.165, 1.54) is 6.07 Å². The molecule has 1 aromatic carbocycles. The maximum atomic E-state index is 11.5. The van der Waals surface area contributed by atoms with Gasteiger partial charge in [0.1, 0.15) is 5.82 Å². The molecule has 1 aromatic heterocycles. The van der Waals surface area contributed by atoms with Crippen molar-refractivity contribution in [2.45, 2.75) is 18.7 Å². The summed E-state index contributed by atoms with van der Waals surface area (Å²) in [6.45, 7) is 3.51. The number of hydrogen-bond acceptors (Lipinski definition) is 4. The monoisotopic (exact) mass is 266 g/mol. The molecule has 0 radical (unpaired) electrons. The van der Waals surface area contributed by atoms with Gasteiger partial charge >= 0.3 is 0 Å². The van der Waals surface area contributed by atoms with Crippen molar-refractivity contribution in [2.24, 2.45) is 5.14 Å². The van der Waals surface area contributed by atoms with Crippen LogP contribution in [0.3, 0.4) is 0 Å². The number of imidazole rings is 1. The third-order valence-corrected chi connectivity index (χ3v) is 3.78. The Morgan fingerprint density at radius 1 is 1.28 bits per heavy atom. The van der Waals surface area contributed by atoms with Crippen molar-refractivity contribution < 1.29 is 8.42 Å². The number of aromatic nitrogens is 2. The first-order chi connectivity index (χ1) is 8.30. The van der Waals surface area contributed by atoms with Gasteiger partial charge in [-0.25, -0.2) is 18.5 Å². The van der Waals surface area contributed by atoms with Crippen LogP contribution in [-0.2, 0) is 10.0 Å². The Bertz CT molecular complexity index is 704. The minimum absolute atomic E-state index is 0.0330. The lowest BCUT2D eigenvalue weighted by molar-refractivity contribution is 0.597. The van der Waals surface area contributed by atoms with E-state index in [1.807, 2.05) is 6.92 Å². The van der Waals surface area contributed by atoms with Gasteiger partial charge in [0.25, 0.3) is 0 Å². The molecular formula is C11H14N4O2S. The van der Waals surface area contributed by atoms with E-state index < -0.39 is 10.0 Å². The van der Waals surface area contributed by atoms with Crippen molar-refractivity contribution in [1.29, 1.82) is 0 Å². The molecule has 0 amide bonds. The van der Waals surface area contributed by atoms with Crippen molar-refractivity contribution >= 4 is 15.7 Å². The lowest BCUT2D eigenvalue weighted by Crippen LogP contribution is -2.15. The second-order valence-corrected chi connectivity index (χ2v) is 5.58. The number of anilines is 1. The second kappa shape index (κ2) is 4.11. The number of nitrogen functional groups attached to an aromatic ring is 1.